The Kier molecular flexibility index (Phi) is 7.79. The maximum absolute atomic E-state index is 5.22. The standard InChI is InChI=1S/C36H34N4/c1-23-19-25(3)32(26(4)20-23)39-34(29-13-9-7-10-14-29)31-17-18-37-36(38-31)35(30-15-11-8-12-16-30)40-33-27(5)21-24(2)22-28(33)6/h7-22H,1-6H3. The van der Waals surface area contributed by atoms with Gasteiger partial charge in [-0.15, -0.1) is 0 Å². The Balaban J connectivity index is 1.72. The summed E-state index contributed by atoms with van der Waals surface area (Å²) in [5, 5.41) is 0. The van der Waals surface area contributed by atoms with E-state index in [4.69, 9.17) is 20.0 Å². The molecule has 40 heavy (non-hydrogen) atoms. The predicted molar refractivity (Wildman–Crippen MR) is 167 cm³/mol. The Morgan fingerprint density at radius 3 is 1.43 bits per heavy atom. The highest BCUT2D eigenvalue weighted by atomic mass is 14.9. The highest BCUT2D eigenvalue weighted by Crippen LogP contribution is 2.29. The van der Waals surface area contributed by atoms with Crippen molar-refractivity contribution in [3.63, 3.8) is 0 Å². The fraction of sp³-hybridized carbons (Fsp3) is 0.167. The molecule has 0 bridgehead atoms. The predicted octanol–water partition coefficient (Wildman–Crippen LogP) is 8.67. The van der Waals surface area contributed by atoms with Crippen molar-refractivity contribution in [3.05, 3.63) is 153 Å². The van der Waals surface area contributed by atoms with E-state index in [1.54, 1.807) is 6.20 Å². The van der Waals surface area contributed by atoms with Crippen LogP contribution in [0.2, 0.25) is 0 Å². The lowest BCUT2D eigenvalue weighted by molar-refractivity contribution is 1.11. The van der Waals surface area contributed by atoms with E-state index in [0.29, 0.717) is 5.82 Å². The molecule has 5 aromatic rings. The van der Waals surface area contributed by atoms with Gasteiger partial charge in [0.1, 0.15) is 5.71 Å². The minimum Gasteiger partial charge on any atom is -0.246 e. The zero-order valence-electron chi connectivity index (χ0n) is 24.0. The van der Waals surface area contributed by atoms with Crippen molar-refractivity contribution in [1.82, 2.24) is 9.97 Å². The van der Waals surface area contributed by atoms with Gasteiger partial charge < -0.3 is 0 Å². The third-order valence-corrected chi connectivity index (χ3v) is 6.92. The van der Waals surface area contributed by atoms with Crippen LogP contribution >= 0.6 is 0 Å². The van der Waals surface area contributed by atoms with Crippen LogP contribution in [0.4, 0.5) is 11.4 Å². The SMILES string of the molecule is Cc1cc(C)c(N=C(c2ccccc2)c2ccnc(C(=Nc3c(C)cc(C)cc3C)c3ccccc3)n2)c(C)c1. The van der Waals surface area contributed by atoms with Gasteiger partial charge in [-0.2, -0.15) is 0 Å². The molecule has 1 heterocycles. The monoisotopic (exact) mass is 522 g/mol. The summed E-state index contributed by atoms with van der Waals surface area (Å²) in [7, 11) is 0. The summed E-state index contributed by atoms with van der Waals surface area (Å²) in [5.74, 6) is 0.559. The molecule has 0 N–H and O–H groups in total. The van der Waals surface area contributed by atoms with E-state index in [1.807, 2.05) is 42.5 Å². The molecule has 5 rings (SSSR count). The number of hydrogen-bond donors (Lipinski definition) is 0. The number of benzene rings is 4. The maximum atomic E-state index is 5.22. The summed E-state index contributed by atoms with van der Waals surface area (Å²) in [6.07, 6.45) is 1.80. The summed E-state index contributed by atoms with van der Waals surface area (Å²) in [4.78, 5) is 20.2. The lowest BCUT2D eigenvalue weighted by Gasteiger charge is -2.13. The third kappa shape index (κ3) is 5.81. The van der Waals surface area contributed by atoms with E-state index in [1.165, 1.54) is 11.1 Å². The minimum absolute atomic E-state index is 0.559. The second-order valence-corrected chi connectivity index (χ2v) is 10.4. The molecule has 0 atom stereocenters. The van der Waals surface area contributed by atoms with Gasteiger partial charge in [0.25, 0.3) is 0 Å². The van der Waals surface area contributed by atoms with Gasteiger partial charge in [-0.05, 0) is 69.9 Å². The lowest BCUT2D eigenvalue weighted by atomic mass is 10.0. The largest absolute Gasteiger partial charge is 0.246 e. The van der Waals surface area contributed by atoms with E-state index in [9.17, 15) is 0 Å². The molecular weight excluding hydrogens is 488 g/mol. The smallest absolute Gasteiger partial charge is 0.179 e. The molecule has 4 nitrogen and oxygen atoms in total. The quantitative estimate of drug-likeness (QED) is 0.210. The molecule has 1 aromatic heterocycles. The molecule has 0 spiro atoms. The number of rotatable bonds is 6. The van der Waals surface area contributed by atoms with Crippen LogP contribution in [0.5, 0.6) is 0 Å². The van der Waals surface area contributed by atoms with Gasteiger partial charge in [0.2, 0.25) is 0 Å². The Bertz CT molecular complexity index is 1560. The first-order valence-corrected chi connectivity index (χ1v) is 13.6. The van der Waals surface area contributed by atoms with Crippen LogP contribution in [0.25, 0.3) is 0 Å². The van der Waals surface area contributed by atoms with Crippen molar-refractivity contribution in [1.29, 1.82) is 0 Å². The van der Waals surface area contributed by atoms with E-state index < -0.39 is 0 Å². The van der Waals surface area contributed by atoms with Gasteiger partial charge in [-0.1, -0.05) is 96.1 Å². The number of aromatic nitrogens is 2. The molecule has 0 saturated heterocycles. The Morgan fingerprint density at radius 2 is 0.950 bits per heavy atom. The Labute approximate surface area is 237 Å². The molecule has 0 amide bonds. The average molecular weight is 523 g/mol. The van der Waals surface area contributed by atoms with Gasteiger partial charge in [0, 0.05) is 17.3 Å². The molecule has 0 aliphatic rings. The molecule has 0 radical (unpaired) electrons. The van der Waals surface area contributed by atoms with Crippen LogP contribution in [0.3, 0.4) is 0 Å². The lowest BCUT2D eigenvalue weighted by Crippen LogP contribution is -2.14. The van der Waals surface area contributed by atoms with Gasteiger partial charge in [-0.3, -0.25) is 0 Å². The second kappa shape index (κ2) is 11.6. The van der Waals surface area contributed by atoms with Crippen molar-refractivity contribution in [2.24, 2.45) is 9.98 Å². The fourth-order valence-electron chi connectivity index (χ4n) is 5.23. The van der Waals surface area contributed by atoms with Crippen molar-refractivity contribution in [3.8, 4) is 0 Å². The topological polar surface area (TPSA) is 50.5 Å². The van der Waals surface area contributed by atoms with Crippen LogP contribution in [0.15, 0.2) is 107 Å². The van der Waals surface area contributed by atoms with Crippen molar-refractivity contribution >= 4 is 22.8 Å². The molecule has 4 heteroatoms. The molecule has 198 valence electrons. The number of nitrogens with zero attached hydrogens (tertiary/aromatic N) is 4. The normalized spacial score (nSPS) is 12.1. The van der Waals surface area contributed by atoms with Gasteiger partial charge in [0.15, 0.2) is 5.82 Å². The van der Waals surface area contributed by atoms with Crippen LogP contribution in [0, 0.1) is 41.5 Å². The van der Waals surface area contributed by atoms with Crippen LogP contribution < -0.4 is 0 Å². The van der Waals surface area contributed by atoms with Gasteiger partial charge in [-0.25, -0.2) is 20.0 Å². The Morgan fingerprint density at radius 1 is 0.525 bits per heavy atom. The molecule has 0 saturated carbocycles. The summed E-state index contributed by atoms with van der Waals surface area (Å²) >= 11 is 0. The van der Waals surface area contributed by atoms with Gasteiger partial charge in [0.05, 0.1) is 22.8 Å². The summed E-state index contributed by atoms with van der Waals surface area (Å²) < 4.78 is 0. The van der Waals surface area contributed by atoms with Crippen molar-refractivity contribution < 1.29 is 0 Å². The summed E-state index contributed by atoms with van der Waals surface area (Å²) in [5.41, 5.74) is 13.1. The molecule has 4 aromatic carbocycles. The molecule has 0 unspecified atom stereocenters. The second-order valence-electron chi connectivity index (χ2n) is 10.4. The highest BCUT2D eigenvalue weighted by Gasteiger charge is 2.17. The zero-order valence-corrected chi connectivity index (χ0v) is 24.0. The third-order valence-electron chi connectivity index (χ3n) is 6.92. The van der Waals surface area contributed by atoms with Gasteiger partial charge >= 0.3 is 0 Å². The molecular formula is C36H34N4. The minimum atomic E-state index is 0.559. The van der Waals surface area contributed by atoms with Crippen LogP contribution in [0.1, 0.15) is 56.0 Å². The highest BCUT2D eigenvalue weighted by molar-refractivity contribution is 6.15. The number of aryl methyl sites for hydroxylation is 6. The molecule has 0 aliphatic carbocycles. The van der Waals surface area contributed by atoms with E-state index in [2.05, 4.69) is 90.1 Å². The first-order chi connectivity index (χ1) is 19.3. The average Bonchev–Trinajstić information content (AvgIpc) is 2.93. The van der Waals surface area contributed by atoms with E-state index in [0.717, 1.165) is 61.9 Å². The Hall–Kier alpha value is -4.70. The first-order valence-electron chi connectivity index (χ1n) is 13.6. The van der Waals surface area contributed by atoms with Crippen LogP contribution in [-0.2, 0) is 0 Å². The summed E-state index contributed by atoms with van der Waals surface area (Å²) in [6, 6.07) is 31.0. The van der Waals surface area contributed by atoms with E-state index in [-0.39, 0.29) is 0 Å². The fourth-order valence-corrected chi connectivity index (χ4v) is 5.23. The molecule has 0 aliphatic heterocycles. The molecule has 0 fully saturated rings. The zero-order chi connectivity index (χ0) is 28.2. The van der Waals surface area contributed by atoms with E-state index >= 15 is 0 Å². The number of aliphatic imine (C=N–C) groups is 2. The summed E-state index contributed by atoms with van der Waals surface area (Å²) in [6.45, 7) is 12.7. The maximum Gasteiger partial charge on any atom is 0.179 e. The number of hydrogen-bond acceptors (Lipinski definition) is 4. The van der Waals surface area contributed by atoms with Crippen molar-refractivity contribution in [2.45, 2.75) is 41.5 Å². The van der Waals surface area contributed by atoms with Crippen LogP contribution in [-0.4, -0.2) is 21.4 Å². The van der Waals surface area contributed by atoms with Crippen molar-refractivity contribution in [2.75, 3.05) is 0 Å². The first kappa shape index (κ1) is 26.9.